The molecule has 0 radical (unpaired) electrons. The molecule has 3 aromatic heterocycles. The molecule has 1 atom stereocenters. The van der Waals surface area contributed by atoms with E-state index in [9.17, 15) is 15.0 Å². The number of carbonyl (C=O) groups is 1. The fourth-order valence-electron chi connectivity index (χ4n) is 4.26. The Morgan fingerprint density at radius 1 is 1.22 bits per heavy atom. The van der Waals surface area contributed by atoms with Crippen LogP contribution in [-0.4, -0.2) is 77.3 Å². The number of carbonyl (C=O) groups excluding carboxylic acids is 1. The van der Waals surface area contributed by atoms with Crippen LogP contribution in [0.4, 0.5) is 22.1 Å². The van der Waals surface area contributed by atoms with E-state index >= 15 is 0 Å². The van der Waals surface area contributed by atoms with Gasteiger partial charge in [0, 0.05) is 57.2 Å². The summed E-state index contributed by atoms with van der Waals surface area (Å²) in [6.45, 7) is 8.85. The molecule has 4 rings (SSSR count). The number of pyridine rings is 1. The number of aromatic hydroxyl groups is 1. The SMILES string of the molecule is C[C@@H](CCO)Nc1cc(Nc2ccnc(-c3cnn(C)c3O)n2)ncc1C#CC1CCN(C(=O)OC(C)(C)C)CC1. The molecule has 12 nitrogen and oxygen atoms in total. The van der Waals surface area contributed by atoms with E-state index in [0.29, 0.717) is 42.5 Å². The third kappa shape index (κ3) is 8.08. The van der Waals surface area contributed by atoms with Gasteiger partial charge >= 0.3 is 6.09 Å². The molecule has 4 heterocycles. The Balaban J connectivity index is 1.49. The Kier molecular flexibility index (Phi) is 9.29. The lowest BCUT2D eigenvalue weighted by Crippen LogP contribution is -2.41. The molecule has 0 unspecified atom stereocenters. The van der Waals surface area contributed by atoms with E-state index < -0.39 is 5.60 Å². The third-order valence-electron chi connectivity index (χ3n) is 6.49. The van der Waals surface area contributed by atoms with E-state index in [2.05, 4.69) is 42.5 Å². The lowest BCUT2D eigenvalue weighted by atomic mass is 9.97. The number of aliphatic hydroxyl groups excluding tert-OH is 1. The summed E-state index contributed by atoms with van der Waals surface area (Å²) in [6, 6.07) is 3.57. The van der Waals surface area contributed by atoms with Crippen molar-refractivity contribution in [3.05, 3.63) is 36.3 Å². The summed E-state index contributed by atoms with van der Waals surface area (Å²) in [7, 11) is 1.63. The highest BCUT2D eigenvalue weighted by atomic mass is 16.6. The number of nitrogens with zero attached hydrogens (tertiary/aromatic N) is 6. The van der Waals surface area contributed by atoms with Crippen molar-refractivity contribution in [1.82, 2.24) is 29.6 Å². The number of hydrogen-bond acceptors (Lipinski definition) is 10. The van der Waals surface area contributed by atoms with Gasteiger partial charge in [-0.1, -0.05) is 11.8 Å². The van der Waals surface area contributed by atoms with Crippen molar-refractivity contribution in [2.75, 3.05) is 30.3 Å². The zero-order chi connectivity index (χ0) is 29.6. The highest BCUT2D eigenvalue weighted by molar-refractivity contribution is 5.69. The van der Waals surface area contributed by atoms with Gasteiger partial charge in [-0.3, -0.25) is 0 Å². The number of hydrogen-bond donors (Lipinski definition) is 4. The maximum atomic E-state index is 12.4. The molecule has 218 valence electrons. The normalized spacial score (nSPS) is 14.6. The number of aliphatic hydroxyl groups is 1. The topological polar surface area (TPSA) is 151 Å². The molecule has 41 heavy (non-hydrogen) atoms. The van der Waals surface area contributed by atoms with Crippen molar-refractivity contribution in [3.8, 4) is 29.1 Å². The van der Waals surface area contributed by atoms with Gasteiger partial charge in [0.1, 0.15) is 22.8 Å². The quantitative estimate of drug-likeness (QED) is 0.312. The molecule has 0 spiro atoms. The number of rotatable bonds is 7. The average Bonchev–Trinajstić information content (AvgIpc) is 3.25. The molecule has 1 saturated heterocycles. The fourth-order valence-corrected chi connectivity index (χ4v) is 4.26. The van der Waals surface area contributed by atoms with Crippen molar-refractivity contribution >= 4 is 23.4 Å². The van der Waals surface area contributed by atoms with Crippen LogP contribution in [0.2, 0.25) is 0 Å². The van der Waals surface area contributed by atoms with Gasteiger partial charge in [-0.2, -0.15) is 5.10 Å². The van der Waals surface area contributed by atoms with Crippen LogP contribution in [0, 0.1) is 17.8 Å². The van der Waals surface area contributed by atoms with Crippen LogP contribution in [0.25, 0.3) is 11.4 Å². The molecular formula is C29H38N8O4. The first-order valence-electron chi connectivity index (χ1n) is 13.7. The Bertz CT molecular complexity index is 1410. The molecule has 1 fully saturated rings. The molecule has 0 saturated carbocycles. The second-order valence-electron chi connectivity index (χ2n) is 11.1. The van der Waals surface area contributed by atoms with E-state index in [1.807, 2.05) is 33.8 Å². The predicted octanol–water partition coefficient (Wildman–Crippen LogP) is 3.90. The monoisotopic (exact) mass is 562 g/mol. The zero-order valence-corrected chi connectivity index (χ0v) is 24.2. The fraction of sp³-hybridized carbons (Fsp3) is 0.483. The Morgan fingerprint density at radius 2 is 1.98 bits per heavy atom. The summed E-state index contributed by atoms with van der Waals surface area (Å²) < 4.78 is 6.83. The standard InChI is InChI=1S/C29H38N8O4/c1-19(11-15-38)33-23-16-25(34-24-8-12-30-26(35-24)22-18-32-36(5)27(22)39)31-17-21(23)7-6-20-9-13-37(14-10-20)28(40)41-29(2,3)4/h8,12,16-20,38-39H,9-11,13-15H2,1-5H3,(H2,30,31,33,34,35)/t19-/m0/s1. The van der Waals surface area contributed by atoms with Gasteiger partial charge < -0.3 is 30.5 Å². The molecule has 1 aliphatic heterocycles. The van der Waals surface area contributed by atoms with Gasteiger partial charge in [-0.25, -0.2) is 24.4 Å². The van der Waals surface area contributed by atoms with Crippen LogP contribution in [0.15, 0.2) is 30.7 Å². The van der Waals surface area contributed by atoms with Crippen LogP contribution in [0.3, 0.4) is 0 Å². The zero-order valence-electron chi connectivity index (χ0n) is 24.2. The summed E-state index contributed by atoms with van der Waals surface area (Å²) in [5.74, 6) is 8.14. The number of ether oxygens (including phenoxy) is 1. The molecule has 0 aliphatic carbocycles. The molecule has 1 amide bonds. The number of amides is 1. The third-order valence-corrected chi connectivity index (χ3v) is 6.49. The van der Waals surface area contributed by atoms with Crippen LogP contribution in [0.1, 0.15) is 52.5 Å². The second kappa shape index (κ2) is 12.9. The van der Waals surface area contributed by atoms with Crippen molar-refractivity contribution in [2.24, 2.45) is 13.0 Å². The predicted molar refractivity (Wildman–Crippen MR) is 156 cm³/mol. The van der Waals surface area contributed by atoms with Gasteiger partial charge in [-0.15, -0.1) is 0 Å². The first-order valence-corrected chi connectivity index (χ1v) is 13.7. The number of aryl methyl sites for hydroxylation is 1. The average molecular weight is 563 g/mol. The highest BCUT2D eigenvalue weighted by Crippen LogP contribution is 2.27. The van der Waals surface area contributed by atoms with E-state index in [-0.39, 0.29) is 30.5 Å². The molecular weight excluding hydrogens is 524 g/mol. The Hall–Kier alpha value is -4.37. The molecule has 4 N–H and O–H groups in total. The minimum Gasteiger partial charge on any atom is -0.493 e. The van der Waals surface area contributed by atoms with Crippen LogP contribution < -0.4 is 10.6 Å². The summed E-state index contributed by atoms with van der Waals surface area (Å²) in [5, 5.41) is 30.3. The first-order chi connectivity index (χ1) is 19.5. The smallest absolute Gasteiger partial charge is 0.410 e. The highest BCUT2D eigenvalue weighted by Gasteiger charge is 2.26. The van der Waals surface area contributed by atoms with Gasteiger partial charge in [0.25, 0.3) is 0 Å². The van der Waals surface area contributed by atoms with Crippen LogP contribution in [-0.2, 0) is 11.8 Å². The second-order valence-corrected chi connectivity index (χ2v) is 11.1. The minimum absolute atomic E-state index is 0.00655. The molecule has 0 bridgehead atoms. The number of piperidine rings is 1. The number of nitrogens with one attached hydrogen (secondary N) is 2. The molecule has 1 aliphatic rings. The number of likely N-dealkylation sites (tertiary alicyclic amines) is 1. The van der Waals surface area contributed by atoms with Gasteiger partial charge in [0.05, 0.1) is 17.4 Å². The van der Waals surface area contributed by atoms with Crippen molar-refractivity contribution in [1.29, 1.82) is 0 Å². The number of anilines is 3. The maximum Gasteiger partial charge on any atom is 0.410 e. The van der Waals surface area contributed by atoms with Crippen molar-refractivity contribution in [3.63, 3.8) is 0 Å². The Morgan fingerprint density at radius 3 is 2.63 bits per heavy atom. The summed E-state index contributed by atoms with van der Waals surface area (Å²) in [5.41, 5.74) is 1.42. The maximum absolute atomic E-state index is 12.4. The lowest BCUT2D eigenvalue weighted by Gasteiger charge is -2.31. The number of aromatic nitrogens is 5. The van der Waals surface area contributed by atoms with Crippen LogP contribution in [0.5, 0.6) is 5.88 Å². The summed E-state index contributed by atoms with van der Waals surface area (Å²) in [6.07, 6.45) is 6.63. The van der Waals surface area contributed by atoms with Gasteiger partial charge in [0.2, 0.25) is 5.88 Å². The van der Waals surface area contributed by atoms with Crippen molar-refractivity contribution < 1.29 is 19.7 Å². The van der Waals surface area contributed by atoms with E-state index in [0.717, 1.165) is 24.1 Å². The van der Waals surface area contributed by atoms with E-state index in [4.69, 9.17) is 4.74 Å². The van der Waals surface area contributed by atoms with Gasteiger partial charge in [0.15, 0.2) is 5.82 Å². The molecule has 3 aromatic rings. The van der Waals surface area contributed by atoms with E-state index in [1.165, 1.54) is 10.9 Å². The molecule has 12 heteroatoms. The Labute approximate surface area is 240 Å². The summed E-state index contributed by atoms with van der Waals surface area (Å²) in [4.78, 5) is 27.4. The summed E-state index contributed by atoms with van der Waals surface area (Å²) >= 11 is 0. The van der Waals surface area contributed by atoms with Crippen molar-refractivity contribution in [2.45, 2.75) is 58.6 Å². The first kappa shape index (κ1) is 29.6. The van der Waals surface area contributed by atoms with E-state index in [1.54, 1.807) is 30.4 Å². The van der Waals surface area contributed by atoms with Gasteiger partial charge in [-0.05, 0) is 53.0 Å². The largest absolute Gasteiger partial charge is 0.493 e. The van der Waals surface area contributed by atoms with Crippen LogP contribution >= 0.6 is 0 Å². The minimum atomic E-state index is -0.517. The molecule has 0 aromatic carbocycles. The lowest BCUT2D eigenvalue weighted by molar-refractivity contribution is 0.0199.